The lowest BCUT2D eigenvalue weighted by molar-refractivity contribution is -0.129. The number of hydrogen-bond acceptors (Lipinski definition) is 5. The summed E-state index contributed by atoms with van der Waals surface area (Å²) >= 11 is 0. The van der Waals surface area contributed by atoms with Crippen LogP contribution in [0.5, 0.6) is 0 Å². The second-order valence-electron chi connectivity index (χ2n) is 4.64. The van der Waals surface area contributed by atoms with Crippen LogP contribution in [-0.4, -0.2) is 41.5 Å². The normalized spacial score (nSPS) is 16.4. The molecule has 17 heavy (non-hydrogen) atoms. The molecule has 1 N–H and O–H groups in total. The predicted molar refractivity (Wildman–Crippen MR) is 61.1 cm³/mol. The average Bonchev–Trinajstić information content (AvgIpc) is 2.17. The van der Waals surface area contributed by atoms with Gasteiger partial charge in [0.25, 0.3) is 0 Å². The van der Waals surface area contributed by atoms with Gasteiger partial charge in [0.1, 0.15) is 5.60 Å². The van der Waals surface area contributed by atoms with E-state index < -0.39 is 6.16 Å². The average molecular weight is 246 g/mol. The SMILES string of the molecule is CC(C)(C)O[C]=O.O=C(O)ON1CCCCC1. The molecule has 0 saturated carbocycles. The Balaban J connectivity index is 0.000000325. The van der Waals surface area contributed by atoms with E-state index in [9.17, 15) is 9.59 Å². The van der Waals surface area contributed by atoms with Crippen molar-refractivity contribution in [3.8, 4) is 0 Å². The van der Waals surface area contributed by atoms with Crippen LogP contribution in [0.2, 0.25) is 0 Å². The standard InChI is InChI=1S/C6H11NO3.C5H9O2/c8-6(9)10-7-4-2-1-3-5-7;1-5(2,3)7-4-6/h1-5H2,(H,8,9);1-3H3. The summed E-state index contributed by atoms with van der Waals surface area (Å²) in [4.78, 5) is 23.9. The third-order valence-electron chi connectivity index (χ3n) is 1.87. The van der Waals surface area contributed by atoms with Gasteiger partial charge in [0.05, 0.1) is 0 Å². The smallest absolute Gasteiger partial charge is 0.452 e. The molecule has 0 aromatic heterocycles. The van der Waals surface area contributed by atoms with E-state index in [2.05, 4.69) is 9.57 Å². The number of carbonyl (C=O) groups excluding carboxylic acids is 1. The highest BCUT2D eigenvalue weighted by Crippen LogP contribution is 2.08. The van der Waals surface area contributed by atoms with Gasteiger partial charge in [-0.25, -0.2) is 9.59 Å². The van der Waals surface area contributed by atoms with E-state index >= 15 is 0 Å². The molecule has 1 heterocycles. The number of rotatable bonds is 2. The summed E-state index contributed by atoms with van der Waals surface area (Å²) in [5, 5.41) is 9.69. The maximum absolute atomic E-state index is 10.0. The van der Waals surface area contributed by atoms with Gasteiger partial charge in [0.15, 0.2) is 0 Å². The molecule has 0 unspecified atom stereocenters. The Morgan fingerprint density at radius 2 is 1.76 bits per heavy atom. The molecule has 6 nitrogen and oxygen atoms in total. The van der Waals surface area contributed by atoms with Gasteiger partial charge < -0.3 is 14.7 Å². The first-order valence-corrected chi connectivity index (χ1v) is 5.56. The molecule has 0 aromatic carbocycles. The Hall–Kier alpha value is -1.30. The molecular formula is C11H20NO5. The molecule has 1 aliphatic rings. The monoisotopic (exact) mass is 246 g/mol. The maximum atomic E-state index is 10.0. The lowest BCUT2D eigenvalue weighted by Crippen LogP contribution is -2.31. The number of carbonyl (C=O) groups is 1. The minimum atomic E-state index is -1.21. The molecule has 0 atom stereocenters. The highest BCUT2D eigenvalue weighted by atomic mass is 16.8. The zero-order valence-corrected chi connectivity index (χ0v) is 10.6. The van der Waals surface area contributed by atoms with E-state index in [-0.39, 0.29) is 5.60 Å². The van der Waals surface area contributed by atoms with Crippen molar-refractivity contribution in [2.75, 3.05) is 13.1 Å². The molecule has 0 spiro atoms. The van der Waals surface area contributed by atoms with Crippen molar-refractivity contribution in [3.05, 3.63) is 0 Å². The summed E-state index contributed by atoms with van der Waals surface area (Å²) < 4.78 is 4.42. The van der Waals surface area contributed by atoms with Crippen molar-refractivity contribution in [3.63, 3.8) is 0 Å². The van der Waals surface area contributed by atoms with Crippen LogP contribution in [0.25, 0.3) is 0 Å². The van der Waals surface area contributed by atoms with Crippen molar-refractivity contribution < 1.29 is 24.3 Å². The Kier molecular flexibility index (Phi) is 7.29. The van der Waals surface area contributed by atoms with Gasteiger partial charge >= 0.3 is 12.6 Å². The van der Waals surface area contributed by atoms with Crippen molar-refractivity contribution in [2.24, 2.45) is 0 Å². The van der Waals surface area contributed by atoms with Crippen molar-refractivity contribution in [2.45, 2.75) is 45.6 Å². The largest absolute Gasteiger partial charge is 0.525 e. The Labute approximate surface area is 101 Å². The number of hydrogen-bond donors (Lipinski definition) is 1. The Morgan fingerprint density at radius 3 is 2.06 bits per heavy atom. The van der Waals surface area contributed by atoms with Crippen LogP contribution in [0.4, 0.5) is 4.79 Å². The van der Waals surface area contributed by atoms with Gasteiger partial charge in [-0.1, -0.05) is 6.42 Å². The van der Waals surface area contributed by atoms with E-state index in [4.69, 9.17) is 5.11 Å². The van der Waals surface area contributed by atoms with E-state index in [0.717, 1.165) is 25.9 Å². The quantitative estimate of drug-likeness (QED) is 0.802. The van der Waals surface area contributed by atoms with Crippen LogP contribution in [-0.2, 0) is 14.4 Å². The molecule has 1 aliphatic heterocycles. The lowest BCUT2D eigenvalue weighted by Gasteiger charge is -2.22. The fourth-order valence-electron chi connectivity index (χ4n) is 1.19. The third kappa shape index (κ3) is 11.0. The highest BCUT2D eigenvalue weighted by Gasteiger charge is 2.13. The summed E-state index contributed by atoms with van der Waals surface area (Å²) in [5.41, 5.74) is -0.373. The molecule has 1 radical (unpaired) electrons. The second-order valence-corrected chi connectivity index (χ2v) is 4.64. The number of hydroxylamine groups is 2. The van der Waals surface area contributed by atoms with Gasteiger partial charge in [-0.2, -0.15) is 0 Å². The van der Waals surface area contributed by atoms with Crippen LogP contribution < -0.4 is 0 Å². The number of nitrogens with zero attached hydrogens (tertiary/aromatic N) is 1. The van der Waals surface area contributed by atoms with Gasteiger partial charge in [-0.3, -0.25) is 0 Å². The summed E-state index contributed by atoms with van der Waals surface area (Å²) in [6.07, 6.45) is 2.04. The highest BCUT2D eigenvalue weighted by molar-refractivity contribution is 5.56. The molecule has 99 valence electrons. The van der Waals surface area contributed by atoms with E-state index in [1.54, 1.807) is 20.8 Å². The first kappa shape index (κ1) is 15.7. The Bertz CT molecular complexity index is 231. The van der Waals surface area contributed by atoms with Crippen LogP contribution in [0.1, 0.15) is 40.0 Å². The van der Waals surface area contributed by atoms with Crippen molar-refractivity contribution in [1.29, 1.82) is 0 Å². The molecule has 1 saturated heterocycles. The van der Waals surface area contributed by atoms with Crippen LogP contribution in [0.15, 0.2) is 0 Å². The molecule has 0 aliphatic carbocycles. The third-order valence-corrected chi connectivity index (χ3v) is 1.87. The first-order chi connectivity index (χ1) is 7.85. The molecule has 1 rings (SSSR count). The fourth-order valence-corrected chi connectivity index (χ4v) is 1.19. The Morgan fingerprint density at radius 1 is 1.24 bits per heavy atom. The zero-order valence-electron chi connectivity index (χ0n) is 10.6. The minimum Gasteiger partial charge on any atom is -0.452 e. The van der Waals surface area contributed by atoms with Gasteiger partial charge in [0.2, 0.25) is 0 Å². The van der Waals surface area contributed by atoms with Crippen molar-refractivity contribution in [1.82, 2.24) is 5.06 Å². The van der Waals surface area contributed by atoms with Gasteiger partial charge in [-0.15, -0.1) is 5.06 Å². The van der Waals surface area contributed by atoms with Crippen LogP contribution in [0.3, 0.4) is 0 Å². The first-order valence-electron chi connectivity index (χ1n) is 5.56. The molecular weight excluding hydrogens is 226 g/mol. The molecule has 0 bridgehead atoms. The van der Waals surface area contributed by atoms with Crippen molar-refractivity contribution >= 4 is 12.6 Å². The lowest BCUT2D eigenvalue weighted by atomic mass is 10.2. The summed E-state index contributed by atoms with van der Waals surface area (Å²) in [7, 11) is 0. The van der Waals surface area contributed by atoms with E-state index in [0.29, 0.717) is 0 Å². The van der Waals surface area contributed by atoms with Crippen LogP contribution >= 0.6 is 0 Å². The van der Waals surface area contributed by atoms with E-state index in [1.807, 2.05) is 0 Å². The fraction of sp³-hybridized carbons (Fsp3) is 0.818. The predicted octanol–water partition coefficient (Wildman–Crippen LogP) is 1.95. The molecule has 0 aromatic rings. The van der Waals surface area contributed by atoms with Gasteiger partial charge in [0, 0.05) is 13.1 Å². The number of carboxylic acid groups (broad SMARTS) is 1. The molecule has 6 heteroatoms. The summed E-state index contributed by atoms with van der Waals surface area (Å²) in [6, 6.07) is 0. The molecule has 1 fully saturated rings. The topological polar surface area (TPSA) is 76.1 Å². The second kappa shape index (κ2) is 7.89. The molecule has 0 amide bonds. The summed E-state index contributed by atoms with van der Waals surface area (Å²) in [6.45, 7) is 8.21. The zero-order chi connectivity index (χ0) is 13.3. The maximum Gasteiger partial charge on any atom is 0.525 e. The van der Waals surface area contributed by atoms with E-state index in [1.165, 1.54) is 18.0 Å². The number of piperidine rings is 1. The minimum absolute atomic E-state index is 0.373. The number of ether oxygens (including phenoxy) is 1. The summed E-state index contributed by atoms with van der Waals surface area (Å²) in [5.74, 6) is 0. The van der Waals surface area contributed by atoms with Gasteiger partial charge in [-0.05, 0) is 33.6 Å². The van der Waals surface area contributed by atoms with Crippen LogP contribution in [0, 0.1) is 0 Å².